The van der Waals surface area contributed by atoms with E-state index in [-0.39, 0.29) is 0 Å². The number of piperidine rings is 1. The Morgan fingerprint density at radius 3 is 2.89 bits per heavy atom. The van der Waals surface area contributed by atoms with Gasteiger partial charge in [0.1, 0.15) is 17.8 Å². The first-order chi connectivity index (χ1) is 9.27. The molecule has 0 aromatic carbocycles. The Labute approximate surface area is 112 Å². The monoisotopic (exact) mass is 257 g/mol. The molecule has 4 rings (SSSR count). The molecule has 2 aromatic heterocycles. The van der Waals surface area contributed by atoms with E-state index in [2.05, 4.69) is 45.2 Å². The number of aromatic nitrogens is 3. The van der Waals surface area contributed by atoms with Crippen LogP contribution in [0.15, 0.2) is 18.6 Å². The second-order valence-corrected chi connectivity index (χ2v) is 5.85. The third-order valence-electron chi connectivity index (χ3n) is 4.99. The van der Waals surface area contributed by atoms with Crippen LogP contribution in [-0.4, -0.2) is 41.1 Å². The first-order valence-corrected chi connectivity index (χ1v) is 6.99. The molecular formula is C14H19N5. The molecule has 4 atom stereocenters. The number of aromatic amines is 1. The van der Waals surface area contributed by atoms with E-state index in [0.29, 0.717) is 6.04 Å². The number of hydrogen-bond acceptors (Lipinski definition) is 4. The fourth-order valence-electron chi connectivity index (χ4n) is 3.77. The molecule has 5 nitrogen and oxygen atoms in total. The van der Waals surface area contributed by atoms with Gasteiger partial charge in [-0.05, 0) is 43.8 Å². The zero-order valence-corrected chi connectivity index (χ0v) is 11.3. The Bertz CT molecular complexity index is 597. The van der Waals surface area contributed by atoms with Crippen molar-refractivity contribution < 1.29 is 0 Å². The lowest BCUT2D eigenvalue weighted by molar-refractivity contribution is 0.501. The van der Waals surface area contributed by atoms with Gasteiger partial charge in [0.2, 0.25) is 0 Å². The highest BCUT2D eigenvalue weighted by Crippen LogP contribution is 2.52. The molecule has 2 N–H and O–H groups in total. The molecule has 5 heteroatoms. The van der Waals surface area contributed by atoms with Gasteiger partial charge < -0.3 is 15.2 Å². The largest absolute Gasteiger partial charge is 0.356 e. The zero-order chi connectivity index (χ0) is 13.0. The molecule has 1 saturated carbocycles. The highest BCUT2D eigenvalue weighted by atomic mass is 15.2. The van der Waals surface area contributed by atoms with Gasteiger partial charge in [0.25, 0.3) is 0 Å². The molecule has 2 fully saturated rings. The fourth-order valence-corrected chi connectivity index (χ4v) is 3.77. The molecule has 0 bridgehead atoms. The predicted molar refractivity (Wildman–Crippen MR) is 75.1 cm³/mol. The lowest BCUT2D eigenvalue weighted by Gasteiger charge is -2.27. The molecule has 1 aliphatic heterocycles. The zero-order valence-electron chi connectivity index (χ0n) is 11.3. The molecular weight excluding hydrogens is 238 g/mol. The number of anilines is 1. The van der Waals surface area contributed by atoms with Crippen LogP contribution >= 0.6 is 0 Å². The Kier molecular flexibility index (Phi) is 2.33. The van der Waals surface area contributed by atoms with Crippen molar-refractivity contribution in [2.24, 2.45) is 17.8 Å². The SMILES string of the molecule is C[C@H]([C@H]1[C@@H]2CNC[C@@H]21)N(C)c1ncnc2[nH]ccc12. The van der Waals surface area contributed by atoms with Crippen molar-refractivity contribution in [1.29, 1.82) is 0 Å². The summed E-state index contributed by atoms with van der Waals surface area (Å²) in [4.78, 5) is 14.2. The summed E-state index contributed by atoms with van der Waals surface area (Å²) in [5.41, 5.74) is 0.918. The number of nitrogens with zero attached hydrogens (tertiary/aromatic N) is 3. The van der Waals surface area contributed by atoms with Crippen LogP contribution in [0.5, 0.6) is 0 Å². The van der Waals surface area contributed by atoms with Gasteiger partial charge in [-0.1, -0.05) is 0 Å². The van der Waals surface area contributed by atoms with Gasteiger partial charge in [0.05, 0.1) is 5.39 Å². The quantitative estimate of drug-likeness (QED) is 0.869. The lowest BCUT2D eigenvalue weighted by atomic mass is 10.1. The third kappa shape index (κ3) is 1.57. The summed E-state index contributed by atoms with van der Waals surface area (Å²) in [5, 5.41) is 4.57. The molecule has 0 amide bonds. The van der Waals surface area contributed by atoms with E-state index in [1.807, 2.05) is 6.20 Å². The van der Waals surface area contributed by atoms with E-state index >= 15 is 0 Å². The number of fused-ring (bicyclic) bond motifs is 2. The van der Waals surface area contributed by atoms with Crippen LogP contribution in [0, 0.1) is 17.8 Å². The van der Waals surface area contributed by atoms with Gasteiger partial charge >= 0.3 is 0 Å². The maximum absolute atomic E-state index is 4.48. The van der Waals surface area contributed by atoms with Crippen molar-refractivity contribution in [2.45, 2.75) is 13.0 Å². The molecule has 2 aromatic rings. The summed E-state index contributed by atoms with van der Waals surface area (Å²) in [6.45, 7) is 4.71. The van der Waals surface area contributed by atoms with E-state index < -0.39 is 0 Å². The smallest absolute Gasteiger partial charge is 0.142 e. The van der Waals surface area contributed by atoms with Crippen molar-refractivity contribution in [2.75, 3.05) is 25.0 Å². The molecule has 0 spiro atoms. The van der Waals surface area contributed by atoms with Crippen molar-refractivity contribution in [3.63, 3.8) is 0 Å². The predicted octanol–water partition coefficient (Wildman–Crippen LogP) is 1.25. The standard InChI is InChI=1S/C14H19N5/c1-8(12-10-5-15-6-11(10)12)19(2)14-9-3-4-16-13(9)17-7-18-14/h3-4,7-8,10-12,15H,5-6H2,1-2H3,(H,16,17,18)/t8-,10-,11+,12+/m1/s1. The van der Waals surface area contributed by atoms with Crippen LogP contribution in [0.4, 0.5) is 5.82 Å². The van der Waals surface area contributed by atoms with Gasteiger partial charge in [-0.3, -0.25) is 0 Å². The molecule has 19 heavy (non-hydrogen) atoms. The average molecular weight is 257 g/mol. The Morgan fingerprint density at radius 2 is 2.11 bits per heavy atom. The van der Waals surface area contributed by atoms with Crippen molar-refractivity contribution in [3.05, 3.63) is 18.6 Å². The normalized spacial score (nSPS) is 30.3. The Morgan fingerprint density at radius 1 is 1.32 bits per heavy atom. The molecule has 2 aliphatic rings. The second kappa shape index (κ2) is 3.93. The summed E-state index contributed by atoms with van der Waals surface area (Å²) in [6.07, 6.45) is 3.57. The minimum absolute atomic E-state index is 0.532. The van der Waals surface area contributed by atoms with Crippen LogP contribution in [0.2, 0.25) is 0 Å². The summed E-state index contributed by atoms with van der Waals surface area (Å²) in [5.74, 6) is 3.61. The maximum atomic E-state index is 4.48. The highest BCUT2D eigenvalue weighted by Gasteiger charge is 2.55. The minimum Gasteiger partial charge on any atom is -0.356 e. The summed E-state index contributed by atoms with van der Waals surface area (Å²) < 4.78 is 0. The molecule has 1 saturated heterocycles. The topological polar surface area (TPSA) is 56.8 Å². The minimum atomic E-state index is 0.532. The number of H-pyrrole nitrogens is 1. The number of hydrogen-bond donors (Lipinski definition) is 2. The maximum Gasteiger partial charge on any atom is 0.142 e. The third-order valence-corrected chi connectivity index (χ3v) is 4.99. The Hall–Kier alpha value is -1.62. The van der Waals surface area contributed by atoms with Crippen LogP contribution < -0.4 is 10.2 Å². The van der Waals surface area contributed by atoms with E-state index in [0.717, 1.165) is 34.6 Å². The number of rotatable bonds is 3. The molecule has 3 heterocycles. The van der Waals surface area contributed by atoms with Crippen LogP contribution in [0.25, 0.3) is 11.0 Å². The van der Waals surface area contributed by atoms with Gasteiger partial charge in [-0.25, -0.2) is 9.97 Å². The van der Waals surface area contributed by atoms with Gasteiger partial charge in [0, 0.05) is 19.3 Å². The molecule has 0 radical (unpaired) electrons. The number of nitrogens with one attached hydrogen (secondary N) is 2. The van der Waals surface area contributed by atoms with E-state index in [4.69, 9.17) is 0 Å². The molecule has 0 unspecified atom stereocenters. The summed E-state index contributed by atoms with van der Waals surface area (Å²) >= 11 is 0. The van der Waals surface area contributed by atoms with Gasteiger partial charge in [0.15, 0.2) is 0 Å². The summed E-state index contributed by atoms with van der Waals surface area (Å²) in [6, 6.07) is 2.59. The van der Waals surface area contributed by atoms with Crippen LogP contribution in [-0.2, 0) is 0 Å². The van der Waals surface area contributed by atoms with E-state index in [9.17, 15) is 0 Å². The van der Waals surface area contributed by atoms with Crippen molar-refractivity contribution in [3.8, 4) is 0 Å². The first-order valence-electron chi connectivity index (χ1n) is 6.99. The van der Waals surface area contributed by atoms with E-state index in [1.165, 1.54) is 13.1 Å². The highest BCUT2D eigenvalue weighted by molar-refractivity contribution is 5.87. The van der Waals surface area contributed by atoms with Crippen LogP contribution in [0.3, 0.4) is 0 Å². The van der Waals surface area contributed by atoms with Gasteiger partial charge in [-0.2, -0.15) is 0 Å². The molecule has 1 aliphatic carbocycles. The van der Waals surface area contributed by atoms with E-state index in [1.54, 1.807) is 6.33 Å². The average Bonchev–Trinajstić information content (AvgIpc) is 2.87. The lowest BCUT2D eigenvalue weighted by Crippen LogP contribution is -2.34. The Balaban J connectivity index is 1.63. The first kappa shape index (κ1) is 11.2. The summed E-state index contributed by atoms with van der Waals surface area (Å²) in [7, 11) is 2.15. The molecule has 100 valence electrons. The van der Waals surface area contributed by atoms with Crippen molar-refractivity contribution >= 4 is 16.9 Å². The van der Waals surface area contributed by atoms with Crippen LogP contribution in [0.1, 0.15) is 6.92 Å². The fraction of sp³-hybridized carbons (Fsp3) is 0.571. The van der Waals surface area contributed by atoms with Gasteiger partial charge in [-0.15, -0.1) is 0 Å². The second-order valence-electron chi connectivity index (χ2n) is 5.85. The van der Waals surface area contributed by atoms with Crippen molar-refractivity contribution in [1.82, 2.24) is 20.3 Å².